The maximum Gasteiger partial charge on any atom is 0.254 e. The van der Waals surface area contributed by atoms with Crippen LogP contribution in [0.25, 0.3) is 0 Å². The Morgan fingerprint density at radius 2 is 1.94 bits per heavy atom. The molecule has 0 aliphatic heterocycles. The van der Waals surface area contributed by atoms with Gasteiger partial charge in [-0.15, -0.1) is 0 Å². The summed E-state index contributed by atoms with van der Waals surface area (Å²) in [7, 11) is 0. The molecule has 0 spiro atoms. The minimum atomic E-state index is -0.601. The Labute approximate surface area is 92.8 Å². The number of hydrogen-bond donors (Lipinski definition) is 2. The number of nitrogens with one attached hydrogen (secondary N) is 2. The highest BCUT2D eigenvalue weighted by Crippen LogP contribution is 2.05. The van der Waals surface area contributed by atoms with Gasteiger partial charge in [0.1, 0.15) is 5.82 Å². The second-order valence-corrected chi connectivity index (χ2v) is 3.12. The molecular formula is C11H13FN2O2. The molecule has 0 aliphatic carbocycles. The number of benzene rings is 1. The lowest BCUT2D eigenvalue weighted by Crippen LogP contribution is -2.37. The quantitative estimate of drug-likeness (QED) is 0.790. The van der Waals surface area contributed by atoms with Crippen molar-refractivity contribution in [2.24, 2.45) is 0 Å². The van der Waals surface area contributed by atoms with Crippen molar-refractivity contribution in [1.29, 1.82) is 0 Å². The first-order valence-corrected chi connectivity index (χ1v) is 4.94. The summed E-state index contributed by atoms with van der Waals surface area (Å²) in [6.45, 7) is 2.12. The van der Waals surface area contributed by atoms with Crippen LogP contribution in [0, 0.1) is 5.82 Å². The van der Waals surface area contributed by atoms with Crippen LogP contribution in [-0.4, -0.2) is 24.9 Å². The summed E-state index contributed by atoms with van der Waals surface area (Å²) in [6.07, 6.45) is 0. The number of halogens is 1. The van der Waals surface area contributed by atoms with E-state index >= 15 is 0 Å². The Kier molecular flexibility index (Phi) is 4.44. The van der Waals surface area contributed by atoms with E-state index in [1.54, 1.807) is 13.0 Å². The van der Waals surface area contributed by atoms with E-state index in [1.165, 1.54) is 18.2 Å². The van der Waals surface area contributed by atoms with Crippen LogP contribution in [0.4, 0.5) is 4.39 Å². The average Bonchev–Trinajstić information content (AvgIpc) is 2.27. The Morgan fingerprint density at radius 1 is 1.25 bits per heavy atom. The van der Waals surface area contributed by atoms with Gasteiger partial charge in [0.15, 0.2) is 0 Å². The summed E-state index contributed by atoms with van der Waals surface area (Å²) in [6, 6.07) is 5.61. The van der Waals surface area contributed by atoms with Crippen LogP contribution in [0.15, 0.2) is 24.3 Å². The van der Waals surface area contributed by atoms with E-state index in [2.05, 4.69) is 10.6 Å². The molecule has 5 heteroatoms. The van der Waals surface area contributed by atoms with E-state index < -0.39 is 11.7 Å². The molecule has 1 aromatic carbocycles. The number of carbonyl (C=O) groups is 2. The lowest BCUT2D eigenvalue weighted by Gasteiger charge is -2.05. The summed E-state index contributed by atoms with van der Waals surface area (Å²) in [5.74, 6) is -1.49. The topological polar surface area (TPSA) is 58.2 Å². The molecule has 1 aromatic rings. The molecule has 0 saturated heterocycles. The van der Waals surface area contributed by atoms with Gasteiger partial charge in [-0.2, -0.15) is 0 Å². The number of rotatable bonds is 4. The van der Waals surface area contributed by atoms with Gasteiger partial charge in [-0.1, -0.05) is 12.1 Å². The van der Waals surface area contributed by atoms with Gasteiger partial charge in [0, 0.05) is 6.54 Å². The zero-order chi connectivity index (χ0) is 12.0. The molecule has 0 saturated carbocycles. The second kappa shape index (κ2) is 5.85. The Bertz CT molecular complexity index is 393. The van der Waals surface area contributed by atoms with Crippen LogP contribution >= 0.6 is 0 Å². The first-order chi connectivity index (χ1) is 7.65. The van der Waals surface area contributed by atoms with Gasteiger partial charge in [-0.25, -0.2) is 4.39 Å². The Balaban J connectivity index is 2.54. The van der Waals surface area contributed by atoms with Crippen LogP contribution in [0.2, 0.25) is 0 Å². The predicted octanol–water partition coefficient (Wildman–Crippen LogP) is 0.692. The summed E-state index contributed by atoms with van der Waals surface area (Å²) < 4.78 is 13.2. The van der Waals surface area contributed by atoms with Crippen molar-refractivity contribution in [1.82, 2.24) is 10.6 Å². The molecule has 0 aromatic heterocycles. The first kappa shape index (κ1) is 12.2. The lowest BCUT2D eigenvalue weighted by atomic mass is 10.2. The molecule has 16 heavy (non-hydrogen) atoms. The molecule has 0 atom stereocenters. The summed E-state index contributed by atoms with van der Waals surface area (Å²) in [4.78, 5) is 22.5. The SMILES string of the molecule is CCNC(=O)CNC(=O)c1ccccc1F. The molecule has 2 amide bonds. The number of likely N-dealkylation sites (N-methyl/N-ethyl adjacent to an activating group) is 1. The molecule has 0 bridgehead atoms. The highest BCUT2D eigenvalue weighted by Gasteiger charge is 2.11. The van der Waals surface area contributed by atoms with Gasteiger partial charge in [-0.3, -0.25) is 9.59 Å². The van der Waals surface area contributed by atoms with Gasteiger partial charge in [0.25, 0.3) is 5.91 Å². The van der Waals surface area contributed by atoms with Crippen LogP contribution in [0.5, 0.6) is 0 Å². The third kappa shape index (κ3) is 3.34. The minimum absolute atomic E-state index is 0.0631. The molecule has 86 valence electrons. The van der Waals surface area contributed by atoms with Gasteiger partial charge < -0.3 is 10.6 Å². The normalized spacial score (nSPS) is 9.62. The standard InChI is InChI=1S/C11H13FN2O2/c1-2-13-10(15)7-14-11(16)8-5-3-4-6-9(8)12/h3-6H,2,7H2,1H3,(H,13,15)(H,14,16). The van der Waals surface area contributed by atoms with Crippen molar-refractivity contribution in [3.8, 4) is 0 Å². The van der Waals surface area contributed by atoms with Crippen LogP contribution in [0.3, 0.4) is 0 Å². The van der Waals surface area contributed by atoms with E-state index in [1.807, 2.05) is 0 Å². The van der Waals surface area contributed by atoms with Crippen molar-refractivity contribution in [3.63, 3.8) is 0 Å². The fourth-order valence-corrected chi connectivity index (χ4v) is 1.16. The predicted molar refractivity (Wildman–Crippen MR) is 57.4 cm³/mol. The summed E-state index contributed by atoms with van der Waals surface area (Å²) in [5.41, 5.74) is -0.0631. The molecule has 0 radical (unpaired) electrons. The van der Waals surface area contributed by atoms with Gasteiger partial charge >= 0.3 is 0 Å². The van der Waals surface area contributed by atoms with Crippen molar-refractivity contribution in [2.75, 3.05) is 13.1 Å². The van der Waals surface area contributed by atoms with Crippen LogP contribution in [-0.2, 0) is 4.79 Å². The zero-order valence-corrected chi connectivity index (χ0v) is 8.92. The average molecular weight is 224 g/mol. The first-order valence-electron chi connectivity index (χ1n) is 4.94. The minimum Gasteiger partial charge on any atom is -0.355 e. The highest BCUT2D eigenvalue weighted by molar-refractivity contribution is 5.96. The van der Waals surface area contributed by atoms with Crippen molar-refractivity contribution in [2.45, 2.75) is 6.92 Å². The fraction of sp³-hybridized carbons (Fsp3) is 0.273. The Hall–Kier alpha value is -1.91. The smallest absolute Gasteiger partial charge is 0.254 e. The van der Waals surface area contributed by atoms with Crippen molar-refractivity contribution in [3.05, 3.63) is 35.6 Å². The maximum absolute atomic E-state index is 13.2. The number of hydrogen-bond acceptors (Lipinski definition) is 2. The van der Waals surface area contributed by atoms with Gasteiger partial charge in [0.2, 0.25) is 5.91 Å². The molecular weight excluding hydrogens is 211 g/mol. The lowest BCUT2D eigenvalue weighted by molar-refractivity contribution is -0.120. The van der Waals surface area contributed by atoms with E-state index in [4.69, 9.17) is 0 Å². The third-order valence-corrected chi connectivity index (χ3v) is 1.90. The number of amides is 2. The van der Waals surface area contributed by atoms with Crippen molar-refractivity contribution < 1.29 is 14.0 Å². The van der Waals surface area contributed by atoms with E-state index in [0.717, 1.165) is 0 Å². The van der Waals surface area contributed by atoms with E-state index in [0.29, 0.717) is 6.54 Å². The largest absolute Gasteiger partial charge is 0.355 e. The molecule has 0 fully saturated rings. The molecule has 2 N–H and O–H groups in total. The monoisotopic (exact) mass is 224 g/mol. The molecule has 0 heterocycles. The van der Waals surface area contributed by atoms with E-state index in [9.17, 15) is 14.0 Å². The highest BCUT2D eigenvalue weighted by atomic mass is 19.1. The zero-order valence-electron chi connectivity index (χ0n) is 8.92. The van der Waals surface area contributed by atoms with Gasteiger partial charge in [0.05, 0.1) is 12.1 Å². The summed E-state index contributed by atoms with van der Waals surface area (Å²) in [5, 5.41) is 4.85. The second-order valence-electron chi connectivity index (χ2n) is 3.12. The van der Waals surface area contributed by atoms with Crippen LogP contribution < -0.4 is 10.6 Å². The van der Waals surface area contributed by atoms with Gasteiger partial charge in [-0.05, 0) is 19.1 Å². The molecule has 1 rings (SSSR count). The van der Waals surface area contributed by atoms with Crippen molar-refractivity contribution >= 4 is 11.8 Å². The summed E-state index contributed by atoms with van der Waals surface area (Å²) >= 11 is 0. The fourth-order valence-electron chi connectivity index (χ4n) is 1.16. The molecule has 0 aliphatic rings. The Morgan fingerprint density at radius 3 is 2.56 bits per heavy atom. The third-order valence-electron chi connectivity index (χ3n) is 1.90. The molecule has 4 nitrogen and oxygen atoms in total. The number of carbonyl (C=O) groups excluding carboxylic acids is 2. The van der Waals surface area contributed by atoms with E-state index in [-0.39, 0.29) is 18.0 Å². The molecule has 0 unspecified atom stereocenters. The maximum atomic E-state index is 13.2. The van der Waals surface area contributed by atoms with Crippen LogP contribution in [0.1, 0.15) is 17.3 Å².